The van der Waals surface area contributed by atoms with E-state index in [1.807, 2.05) is 6.92 Å². The monoisotopic (exact) mass is 237 g/mol. The summed E-state index contributed by atoms with van der Waals surface area (Å²) in [4.78, 5) is 22.5. The fourth-order valence-corrected chi connectivity index (χ4v) is 1.62. The Kier molecular flexibility index (Phi) is 3.12. The van der Waals surface area contributed by atoms with Crippen LogP contribution in [0.2, 0.25) is 0 Å². The first-order valence-corrected chi connectivity index (χ1v) is 5.70. The summed E-state index contributed by atoms with van der Waals surface area (Å²) in [7, 11) is 0. The lowest BCUT2D eigenvalue weighted by Crippen LogP contribution is -2.14. The summed E-state index contributed by atoms with van der Waals surface area (Å²) in [5, 5.41) is 15.4. The SMILES string of the molecule is CCn1cc(NC(=O)CC2CC2)c(C(=O)O)n1. The summed E-state index contributed by atoms with van der Waals surface area (Å²) in [6.07, 6.45) is 4.20. The molecule has 0 unspecified atom stereocenters. The smallest absolute Gasteiger partial charge is 0.358 e. The van der Waals surface area contributed by atoms with Crippen LogP contribution >= 0.6 is 0 Å². The second-order valence-corrected chi connectivity index (χ2v) is 4.25. The summed E-state index contributed by atoms with van der Waals surface area (Å²) >= 11 is 0. The molecule has 0 aromatic carbocycles. The van der Waals surface area contributed by atoms with Gasteiger partial charge in [0.05, 0.1) is 5.69 Å². The largest absolute Gasteiger partial charge is 0.476 e. The number of hydrogen-bond donors (Lipinski definition) is 2. The van der Waals surface area contributed by atoms with Crippen molar-refractivity contribution < 1.29 is 14.7 Å². The molecule has 1 aliphatic rings. The molecule has 6 heteroatoms. The van der Waals surface area contributed by atoms with Crippen LogP contribution in [0.1, 0.15) is 36.7 Å². The molecule has 0 radical (unpaired) electrons. The predicted octanol–water partition coefficient (Wildman–Crippen LogP) is 1.34. The third-order valence-corrected chi connectivity index (χ3v) is 2.73. The Labute approximate surface area is 98.6 Å². The van der Waals surface area contributed by atoms with Crippen molar-refractivity contribution >= 4 is 17.6 Å². The molecule has 1 aromatic heterocycles. The molecule has 1 heterocycles. The first-order valence-electron chi connectivity index (χ1n) is 5.70. The summed E-state index contributed by atoms with van der Waals surface area (Å²) < 4.78 is 1.50. The van der Waals surface area contributed by atoms with Crippen LogP contribution in [-0.4, -0.2) is 26.8 Å². The molecule has 1 aromatic rings. The van der Waals surface area contributed by atoms with Crippen LogP contribution in [0.4, 0.5) is 5.69 Å². The molecule has 1 amide bonds. The standard InChI is InChI=1S/C11H15N3O3/c1-2-14-6-8(10(13-14)11(16)17)12-9(15)5-7-3-4-7/h6-7H,2-5H2,1H3,(H,12,15)(H,16,17). The van der Waals surface area contributed by atoms with Crippen LogP contribution in [0.25, 0.3) is 0 Å². The lowest BCUT2D eigenvalue weighted by Gasteiger charge is -2.01. The Balaban J connectivity index is 2.09. The average Bonchev–Trinajstić information content (AvgIpc) is 2.96. The molecule has 0 aliphatic heterocycles. The van der Waals surface area contributed by atoms with Gasteiger partial charge in [-0.1, -0.05) is 0 Å². The normalized spacial score (nSPS) is 14.6. The van der Waals surface area contributed by atoms with E-state index >= 15 is 0 Å². The zero-order valence-electron chi connectivity index (χ0n) is 9.64. The van der Waals surface area contributed by atoms with E-state index in [-0.39, 0.29) is 17.3 Å². The van der Waals surface area contributed by atoms with Gasteiger partial charge < -0.3 is 10.4 Å². The zero-order valence-corrected chi connectivity index (χ0v) is 9.64. The van der Waals surface area contributed by atoms with Crippen molar-refractivity contribution in [1.82, 2.24) is 9.78 Å². The van der Waals surface area contributed by atoms with Crippen molar-refractivity contribution in [3.05, 3.63) is 11.9 Å². The average molecular weight is 237 g/mol. The van der Waals surface area contributed by atoms with Gasteiger partial charge >= 0.3 is 5.97 Å². The van der Waals surface area contributed by atoms with Crippen molar-refractivity contribution in [3.63, 3.8) is 0 Å². The lowest BCUT2D eigenvalue weighted by atomic mass is 10.2. The first kappa shape index (κ1) is 11.6. The Bertz CT molecular complexity index is 449. The zero-order chi connectivity index (χ0) is 12.4. The highest BCUT2D eigenvalue weighted by molar-refractivity contribution is 5.99. The minimum Gasteiger partial charge on any atom is -0.476 e. The van der Waals surface area contributed by atoms with Crippen molar-refractivity contribution in [2.24, 2.45) is 5.92 Å². The molecule has 0 atom stereocenters. The molecular formula is C11H15N3O3. The Hall–Kier alpha value is -1.85. The number of aryl methyl sites for hydroxylation is 1. The maximum absolute atomic E-state index is 11.6. The van der Waals surface area contributed by atoms with E-state index in [0.29, 0.717) is 18.9 Å². The number of carbonyl (C=O) groups is 2. The van der Waals surface area contributed by atoms with E-state index in [4.69, 9.17) is 5.11 Å². The summed E-state index contributed by atoms with van der Waals surface area (Å²) in [5.41, 5.74) is 0.181. The number of carbonyl (C=O) groups excluding carboxylic acids is 1. The van der Waals surface area contributed by atoms with Crippen LogP contribution in [0.5, 0.6) is 0 Å². The van der Waals surface area contributed by atoms with Gasteiger partial charge in [-0.25, -0.2) is 4.79 Å². The number of aromatic carboxylic acids is 1. The molecule has 0 bridgehead atoms. The van der Waals surface area contributed by atoms with E-state index < -0.39 is 5.97 Å². The van der Waals surface area contributed by atoms with E-state index in [1.165, 1.54) is 4.68 Å². The van der Waals surface area contributed by atoms with Crippen LogP contribution in [0, 0.1) is 5.92 Å². The van der Waals surface area contributed by atoms with Crippen molar-refractivity contribution in [3.8, 4) is 0 Å². The van der Waals surface area contributed by atoms with Crippen molar-refractivity contribution in [2.45, 2.75) is 32.7 Å². The van der Waals surface area contributed by atoms with Gasteiger partial charge in [-0.15, -0.1) is 0 Å². The van der Waals surface area contributed by atoms with Crippen molar-refractivity contribution in [1.29, 1.82) is 0 Å². The molecular weight excluding hydrogens is 222 g/mol. The highest BCUT2D eigenvalue weighted by atomic mass is 16.4. The molecule has 1 aliphatic carbocycles. The molecule has 0 spiro atoms. The number of nitrogens with zero attached hydrogens (tertiary/aromatic N) is 2. The summed E-state index contributed by atoms with van der Waals surface area (Å²) in [5.74, 6) is -0.783. The molecule has 2 N–H and O–H groups in total. The Morgan fingerprint density at radius 3 is 2.82 bits per heavy atom. The molecule has 0 saturated heterocycles. The Morgan fingerprint density at radius 2 is 2.29 bits per heavy atom. The minimum absolute atomic E-state index is 0.101. The number of carboxylic acid groups (broad SMARTS) is 1. The number of nitrogens with one attached hydrogen (secondary N) is 1. The van der Waals surface area contributed by atoms with Gasteiger partial charge in [0, 0.05) is 19.2 Å². The fourth-order valence-electron chi connectivity index (χ4n) is 1.62. The van der Waals surface area contributed by atoms with Gasteiger partial charge in [0.15, 0.2) is 5.69 Å². The number of carboxylic acids is 1. The van der Waals surface area contributed by atoms with Crippen LogP contribution in [0.15, 0.2) is 6.20 Å². The van der Waals surface area contributed by atoms with E-state index in [9.17, 15) is 9.59 Å². The van der Waals surface area contributed by atoms with Crippen LogP contribution < -0.4 is 5.32 Å². The van der Waals surface area contributed by atoms with Gasteiger partial charge in [-0.05, 0) is 25.7 Å². The van der Waals surface area contributed by atoms with Crippen LogP contribution in [0.3, 0.4) is 0 Å². The van der Waals surface area contributed by atoms with Gasteiger partial charge in [0.2, 0.25) is 5.91 Å². The molecule has 17 heavy (non-hydrogen) atoms. The maximum Gasteiger partial charge on any atom is 0.358 e. The number of rotatable bonds is 5. The third-order valence-electron chi connectivity index (χ3n) is 2.73. The summed E-state index contributed by atoms with van der Waals surface area (Å²) in [6.45, 7) is 2.42. The highest BCUT2D eigenvalue weighted by Crippen LogP contribution is 2.32. The molecule has 2 rings (SSSR count). The molecule has 1 saturated carbocycles. The Morgan fingerprint density at radius 1 is 1.59 bits per heavy atom. The van der Waals surface area contributed by atoms with Crippen molar-refractivity contribution in [2.75, 3.05) is 5.32 Å². The van der Waals surface area contributed by atoms with Gasteiger partial charge in [-0.2, -0.15) is 5.10 Å². The minimum atomic E-state index is -1.13. The number of aromatic nitrogens is 2. The van der Waals surface area contributed by atoms with E-state index in [0.717, 1.165) is 12.8 Å². The predicted molar refractivity (Wildman–Crippen MR) is 60.8 cm³/mol. The van der Waals surface area contributed by atoms with Gasteiger partial charge in [0.25, 0.3) is 0 Å². The van der Waals surface area contributed by atoms with E-state index in [1.54, 1.807) is 6.20 Å². The van der Waals surface area contributed by atoms with Gasteiger partial charge in [-0.3, -0.25) is 9.48 Å². The fraction of sp³-hybridized carbons (Fsp3) is 0.545. The van der Waals surface area contributed by atoms with Crippen LogP contribution in [-0.2, 0) is 11.3 Å². The topological polar surface area (TPSA) is 84.2 Å². The number of anilines is 1. The second-order valence-electron chi connectivity index (χ2n) is 4.25. The quantitative estimate of drug-likeness (QED) is 0.809. The first-order chi connectivity index (χ1) is 8.10. The number of amides is 1. The number of hydrogen-bond acceptors (Lipinski definition) is 3. The lowest BCUT2D eigenvalue weighted by molar-refractivity contribution is -0.116. The van der Waals surface area contributed by atoms with Gasteiger partial charge in [0.1, 0.15) is 0 Å². The molecule has 1 fully saturated rings. The van der Waals surface area contributed by atoms with E-state index in [2.05, 4.69) is 10.4 Å². The third kappa shape index (κ3) is 2.83. The highest BCUT2D eigenvalue weighted by Gasteiger charge is 2.25. The second kappa shape index (κ2) is 4.57. The maximum atomic E-state index is 11.6. The molecule has 6 nitrogen and oxygen atoms in total. The summed E-state index contributed by atoms with van der Waals surface area (Å²) in [6, 6.07) is 0. The molecule has 92 valence electrons.